The first-order chi connectivity index (χ1) is 7.61. The van der Waals surface area contributed by atoms with Crippen LogP contribution >= 0.6 is 0 Å². The molecule has 0 saturated heterocycles. The average molecular weight is 220 g/mol. The summed E-state index contributed by atoms with van der Waals surface area (Å²) in [7, 11) is 1.70. The molecule has 0 aliphatic heterocycles. The van der Waals surface area contributed by atoms with E-state index in [1.807, 2.05) is 6.07 Å². The van der Waals surface area contributed by atoms with Gasteiger partial charge in [-0.3, -0.25) is 0 Å². The molecule has 0 bridgehead atoms. The highest BCUT2D eigenvalue weighted by Gasteiger charge is 2.20. The number of aromatic nitrogens is 3. The van der Waals surface area contributed by atoms with Gasteiger partial charge in [-0.2, -0.15) is 0 Å². The summed E-state index contributed by atoms with van der Waals surface area (Å²) in [6, 6.07) is 1.20. The first kappa shape index (κ1) is 10.4. The number of likely N-dealkylation sites (N-methyl/N-ethyl adjacent to an activating group) is 1. The van der Waals surface area contributed by atoms with Crippen molar-refractivity contribution in [3.05, 3.63) is 18.6 Å². The Morgan fingerprint density at radius 3 is 3.00 bits per heavy atom. The van der Waals surface area contributed by atoms with Crippen LogP contribution < -0.4 is 4.90 Å². The first-order valence-corrected chi connectivity index (χ1v) is 4.85. The van der Waals surface area contributed by atoms with Gasteiger partial charge in [0.25, 0.3) is 0 Å². The van der Waals surface area contributed by atoms with Gasteiger partial charge < -0.3 is 15.0 Å². The highest BCUT2D eigenvalue weighted by Crippen LogP contribution is 2.22. The second-order valence-corrected chi connectivity index (χ2v) is 3.56. The molecule has 2 aromatic rings. The highest BCUT2D eigenvalue weighted by molar-refractivity contribution is 5.89. The van der Waals surface area contributed by atoms with E-state index in [2.05, 4.69) is 15.0 Å². The minimum absolute atomic E-state index is 0.612. The van der Waals surface area contributed by atoms with E-state index in [-0.39, 0.29) is 0 Å². The Balaban J connectivity index is 2.46. The van der Waals surface area contributed by atoms with Gasteiger partial charge in [-0.1, -0.05) is 0 Å². The van der Waals surface area contributed by atoms with Gasteiger partial charge in [-0.15, -0.1) is 0 Å². The Labute approximate surface area is 91.9 Å². The Morgan fingerprint density at radius 2 is 2.31 bits per heavy atom. The molecule has 2 N–H and O–H groups in total. The number of hydrogen-bond donors (Lipinski definition) is 2. The van der Waals surface area contributed by atoms with Gasteiger partial charge in [0.2, 0.25) is 0 Å². The predicted molar refractivity (Wildman–Crippen MR) is 59.4 cm³/mol. The van der Waals surface area contributed by atoms with Crippen molar-refractivity contribution < 1.29 is 9.90 Å². The number of nitrogens with zero attached hydrogens (tertiary/aromatic N) is 3. The van der Waals surface area contributed by atoms with Crippen LogP contribution in [0.15, 0.2) is 18.6 Å². The monoisotopic (exact) mass is 220 g/mol. The minimum atomic E-state index is -0.884. The Kier molecular flexibility index (Phi) is 2.47. The van der Waals surface area contributed by atoms with Crippen LogP contribution in [0.1, 0.15) is 6.92 Å². The molecule has 0 spiro atoms. The maximum absolute atomic E-state index is 10.9. The van der Waals surface area contributed by atoms with E-state index in [0.29, 0.717) is 11.5 Å². The number of aliphatic carboxylic acids is 1. The molecule has 0 amide bonds. The van der Waals surface area contributed by atoms with Gasteiger partial charge in [-0.25, -0.2) is 14.8 Å². The molecule has 6 nitrogen and oxygen atoms in total. The third-order valence-electron chi connectivity index (χ3n) is 2.61. The van der Waals surface area contributed by atoms with Crippen LogP contribution in [-0.4, -0.2) is 39.1 Å². The lowest BCUT2D eigenvalue weighted by atomic mass is 10.2. The van der Waals surface area contributed by atoms with Gasteiger partial charge >= 0.3 is 5.97 Å². The molecule has 0 aliphatic rings. The summed E-state index contributed by atoms with van der Waals surface area (Å²) in [6.07, 6.45) is 3.17. The van der Waals surface area contributed by atoms with Crippen LogP contribution in [0.5, 0.6) is 0 Å². The van der Waals surface area contributed by atoms with Gasteiger partial charge in [0, 0.05) is 13.2 Å². The number of carbonyl (C=O) groups is 1. The molecule has 6 heteroatoms. The lowest BCUT2D eigenvalue weighted by molar-refractivity contribution is -0.138. The number of carboxylic acids is 1. The van der Waals surface area contributed by atoms with Gasteiger partial charge in [0.15, 0.2) is 0 Å². The molecular weight excluding hydrogens is 208 g/mol. The normalized spacial score (nSPS) is 12.6. The molecular formula is C10H12N4O2. The summed E-state index contributed by atoms with van der Waals surface area (Å²) >= 11 is 0. The van der Waals surface area contributed by atoms with Crippen LogP contribution in [0.2, 0.25) is 0 Å². The van der Waals surface area contributed by atoms with E-state index < -0.39 is 12.0 Å². The Morgan fingerprint density at radius 1 is 1.56 bits per heavy atom. The first-order valence-electron chi connectivity index (χ1n) is 4.85. The van der Waals surface area contributed by atoms with Gasteiger partial charge in [-0.05, 0) is 13.0 Å². The molecule has 0 radical (unpaired) electrons. The summed E-state index contributed by atoms with van der Waals surface area (Å²) in [4.78, 5) is 23.6. The fourth-order valence-electron chi connectivity index (χ4n) is 1.49. The second-order valence-electron chi connectivity index (χ2n) is 3.56. The van der Waals surface area contributed by atoms with E-state index in [1.54, 1.807) is 25.1 Å². The quantitative estimate of drug-likeness (QED) is 0.801. The smallest absolute Gasteiger partial charge is 0.326 e. The van der Waals surface area contributed by atoms with Crippen molar-refractivity contribution in [2.75, 3.05) is 11.9 Å². The Hall–Kier alpha value is -2.11. The molecule has 2 heterocycles. The molecule has 2 aromatic heterocycles. The van der Waals surface area contributed by atoms with E-state index in [0.717, 1.165) is 5.39 Å². The molecule has 0 saturated carbocycles. The lowest BCUT2D eigenvalue weighted by Crippen LogP contribution is -2.36. The van der Waals surface area contributed by atoms with Crippen molar-refractivity contribution in [3.8, 4) is 0 Å². The third kappa shape index (κ3) is 1.58. The van der Waals surface area contributed by atoms with Crippen molar-refractivity contribution >= 4 is 22.8 Å². The number of aromatic amines is 1. The summed E-state index contributed by atoms with van der Waals surface area (Å²) in [5.74, 6) is -0.272. The van der Waals surface area contributed by atoms with E-state index in [4.69, 9.17) is 5.11 Å². The van der Waals surface area contributed by atoms with Crippen molar-refractivity contribution in [2.45, 2.75) is 13.0 Å². The highest BCUT2D eigenvalue weighted by atomic mass is 16.4. The second kappa shape index (κ2) is 3.80. The number of fused-ring (bicyclic) bond motifs is 1. The summed E-state index contributed by atoms with van der Waals surface area (Å²) in [5.41, 5.74) is 0.703. The standard InChI is InChI=1S/C10H12N4O2/c1-6(10(15)16)14(2)9-7-3-4-11-8(7)12-5-13-9/h3-6H,1-2H3,(H,15,16)(H,11,12,13). The van der Waals surface area contributed by atoms with Gasteiger partial charge in [0.1, 0.15) is 23.8 Å². The third-order valence-corrected chi connectivity index (χ3v) is 2.61. The zero-order valence-electron chi connectivity index (χ0n) is 9.01. The van der Waals surface area contributed by atoms with E-state index in [1.165, 1.54) is 6.33 Å². The fraction of sp³-hybridized carbons (Fsp3) is 0.300. The summed E-state index contributed by atoms with van der Waals surface area (Å²) in [6.45, 7) is 1.61. The molecule has 16 heavy (non-hydrogen) atoms. The number of carboxylic acid groups (broad SMARTS) is 1. The molecule has 84 valence electrons. The number of H-pyrrole nitrogens is 1. The zero-order valence-corrected chi connectivity index (χ0v) is 9.01. The van der Waals surface area contributed by atoms with Crippen LogP contribution in [0, 0.1) is 0 Å². The van der Waals surface area contributed by atoms with Crippen LogP contribution in [-0.2, 0) is 4.79 Å². The molecule has 0 fully saturated rings. The van der Waals surface area contributed by atoms with E-state index in [9.17, 15) is 4.79 Å². The minimum Gasteiger partial charge on any atom is -0.480 e. The van der Waals surface area contributed by atoms with Crippen LogP contribution in [0.25, 0.3) is 11.0 Å². The maximum Gasteiger partial charge on any atom is 0.326 e. The summed E-state index contributed by atoms with van der Waals surface area (Å²) < 4.78 is 0. The lowest BCUT2D eigenvalue weighted by Gasteiger charge is -2.22. The largest absolute Gasteiger partial charge is 0.480 e. The molecule has 2 rings (SSSR count). The summed E-state index contributed by atoms with van der Waals surface area (Å²) in [5, 5.41) is 9.76. The number of hydrogen-bond acceptors (Lipinski definition) is 4. The average Bonchev–Trinajstić information content (AvgIpc) is 2.74. The fourth-order valence-corrected chi connectivity index (χ4v) is 1.49. The van der Waals surface area contributed by atoms with Crippen LogP contribution in [0.4, 0.5) is 5.82 Å². The van der Waals surface area contributed by atoms with Crippen molar-refractivity contribution in [3.63, 3.8) is 0 Å². The molecule has 0 aromatic carbocycles. The molecule has 1 unspecified atom stereocenters. The number of anilines is 1. The van der Waals surface area contributed by atoms with E-state index >= 15 is 0 Å². The molecule has 0 aliphatic carbocycles. The van der Waals surface area contributed by atoms with Crippen molar-refractivity contribution in [1.29, 1.82) is 0 Å². The zero-order chi connectivity index (χ0) is 11.7. The van der Waals surface area contributed by atoms with Crippen molar-refractivity contribution in [2.24, 2.45) is 0 Å². The topological polar surface area (TPSA) is 82.1 Å². The van der Waals surface area contributed by atoms with Crippen molar-refractivity contribution in [1.82, 2.24) is 15.0 Å². The predicted octanol–water partition coefficient (Wildman–Crippen LogP) is 0.867. The molecule has 1 atom stereocenters. The maximum atomic E-state index is 10.9. The van der Waals surface area contributed by atoms with Gasteiger partial charge in [0.05, 0.1) is 5.39 Å². The Bertz CT molecular complexity index is 522. The van der Waals surface area contributed by atoms with Crippen LogP contribution in [0.3, 0.4) is 0 Å². The number of nitrogens with one attached hydrogen (secondary N) is 1. The number of rotatable bonds is 3. The SMILES string of the molecule is CC(C(=O)O)N(C)c1ncnc2[nH]ccc12.